The van der Waals surface area contributed by atoms with Crippen molar-refractivity contribution >= 4 is 12.1 Å². The summed E-state index contributed by atoms with van der Waals surface area (Å²) in [5, 5.41) is 16.2. The quantitative estimate of drug-likeness (QED) is 0.560. The van der Waals surface area contributed by atoms with Crippen molar-refractivity contribution in [1.82, 2.24) is 15.5 Å². The van der Waals surface area contributed by atoms with Crippen LogP contribution < -0.4 is 10.6 Å². The van der Waals surface area contributed by atoms with Gasteiger partial charge in [-0.1, -0.05) is 12.1 Å². The summed E-state index contributed by atoms with van der Waals surface area (Å²) >= 11 is 0. The largest absolute Gasteiger partial charge is 0.508 e. The number of likely N-dealkylation sites (tertiary alicyclic amines) is 1. The topological polar surface area (TPSA) is 86.2 Å². The molecule has 1 heterocycles. The molecule has 1 fully saturated rings. The van der Waals surface area contributed by atoms with E-state index in [1.807, 2.05) is 26.0 Å². The number of piperidine rings is 1. The minimum absolute atomic E-state index is 0.231. The Labute approximate surface area is 149 Å². The summed E-state index contributed by atoms with van der Waals surface area (Å²) in [4.78, 5) is 18.1. The first-order chi connectivity index (χ1) is 12.1. The number of phenols is 1. The molecule has 3 N–H and O–H groups in total. The summed E-state index contributed by atoms with van der Waals surface area (Å²) in [5.41, 5.74) is 0.953. The van der Waals surface area contributed by atoms with Crippen LogP contribution in [0.4, 0.5) is 4.79 Å². The van der Waals surface area contributed by atoms with Gasteiger partial charge < -0.3 is 25.4 Å². The first-order valence-electron chi connectivity index (χ1n) is 8.86. The number of hydrogen-bond acceptors (Lipinski definition) is 4. The van der Waals surface area contributed by atoms with Gasteiger partial charge in [0.05, 0.1) is 13.2 Å². The molecule has 0 aliphatic carbocycles. The number of guanidine groups is 1. The van der Waals surface area contributed by atoms with Gasteiger partial charge in [0.1, 0.15) is 5.75 Å². The zero-order valence-corrected chi connectivity index (χ0v) is 15.0. The average molecular weight is 348 g/mol. The lowest BCUT2D eigenvalue weighted by Gasteiger charge is -2.32. The second-order valence-electron chi connectivity index (χ2n) is 5.97. The Hall–Kier alpha value is -2.44. The predicted molar refractivity (Wildman–Crippen MR) is 97.7 cm³/mol. The van der Waals surface area contributed by atoms with Crippen LogP contribution in [0.25, 0.3) is 0 Å². The third kappa shape index (κ3) is 6.17. The number of hydrogen-bond donors (Lipinski definition) is 3. The highest BCUT2D eigenvalue weighted by Gasteiger charge is 2.23. The van der Waals surface area contributed by atoms with Crippen molar-refractivity contribution in [2.75, 3.05) is 26.2 Å². The number of aromatic hydroxyl groups is 1. The number of carbonyl (C=O) groups excluding carboxylic acids is 1. The van der Waals surface area contributed by atoms with Gasteiger partial charge in [0.15, 0.2) is 5.96 Å². The molecule has 0 atom stereocenters. The van der Waals surface area contributed by atoms with Crippen molar-refractivity contribution in [3.8, 4) is 5.75 Å². The summed E-state index contributed by atoms with van der Waals surface area (Å²) in [6.07, 6.45) is 1.48. The van der Waals surface area contributed by atoms with Gasteiger partial charge in [-0.3, -0.25) is 0 Å². The van der Waals surface area contributed by atoms with Crippen molar-refractivity contribution in [2.45, 2.75) is 39.3 Å². The molecule has 1 aromatic carbocycles. The summed E-state index contributed by atoms with van der Waals surface area (Å²) in [6.45, 7) is 6.87. The lowest BCUT2D eigenvalue weighted by atomic mass is 10.1. The first kappa shape index (κ1) is 18.9. The molecule has 138 valence electrons. The molecule has 0 bridgehead atoms. The summed E-state index contributed by atoms with van der Waals surface area (Å²) in [5.74, 6) is 0.998. The molecule has 0 saturated carbocycles. The van der Waals surface area contributed by atoms with Crippen molar-refractivity contribution in [3.63, 3.8) is 0 Å². The number of phenolic OH excluding ortho intramolecular Hbond substituents is 1. The van der Waals surface area contributed by atoms with E-state index in [9.17, 15) is 9.90 Å². The van der Waals surface area contributed by atoms with Crippen LogP contribution in [0.1, 0.15) is 32.3 Å². The van der Waals surface area contributed by atoms with Gasteiger partial charge in [0, 0.05) is 25.7 Å². The average Bonchev–Trinajstić information content (AvgIpc) is 2.61. The fourth-order valence-electron chi connectivity index (χ4n) is 2.76. The second-order valence-corrected chi connectivity index (χ2v) is 5.97. The molecule has 1 aromatic rings. The zero-order valence-electron chi connectivity index (χ0n) is 15.0. The lowest BCUT2D eigenvalue weighted by molar-refractivity contribution is 0.0963. The number of carbonyl (C=O) groups is 1. The number of amides is 1. The van der Waals surface area contributed by atoms with Crippen molar-refractivity contribution in [2.24, 2.45) is 4.99 Å². The first-order valence-corrected chi connectivity index (χ1v) is 8.86. The van der Waals surface area contributed by atoms with Gasteiger partial charge in [0.2, 0.25) is 0 Å². The molecule has 0 unspecified atom stereocenters. The Bertz CT molecular complexity index is 583. The molecule has 2 rings (SSSR count). The minimum Gasteiger partial charge on any atom is -0.508 e. The second kappa shape index (κ2) is 9.76. The van der Waals surface area contributed by atoms with Crippen LogP contribution in [0.5, 0.6) is 5.75 Å². The van der Waals surface area contributed by atoms with Crippen LogP contribution >= 0.6 is 0 Å². The molecule has 25 heavy (non-hydrogen) atoms. The van der Waals surface area contributed by atoms with E-state index in [2.05, 4.69) is 15.6 Å². The van der Waals surface area contributed by atoms with E-state index in [-0.39, 0.29) is 17.9 Å². The van der Waals surface area contributed by atoms with Crippen molar-refractivity contribution in [3.05, 3.63) is 29.8 Å². The van der Waals surface area contributed by atoms with E-state index < -0.39 is 0 Å². The fraction of sp³-hybridized carbons (Fsp3) is 0.556. The third-order valence-electron chi connectivity index (χ3n) is 4.04. The fourth-order valence-corrected chi connectivity index (χ4v) is 2.76. The Morgan fingerprint density at radius 1 is 1.36 bits per heavy atom. The normalized spacial score (nSPS) is 15.8. The molecule has 0 aromatic heterocycles. The Morgan fingerprint density at radius 3 is 2.76 bits per heavy atom. The van der Waals surface area contributed by atoms with Crippen molar-refractivity contribution in [1.29, 1.82) is 0 Å². The minimum atomic E-state index is -0.231. The number of aliphatic imine (C=N–C) groups is 1. The Morgan fingerprint density at radius 2 is 2.12 bits per heavy atom. The molecule has 7 heteroatoms. The lowest BCUT2D eigenvalue weighted by Crippen LogP contribution is -2.49. The number of nitrogens with one attached hydrogen (secondary N) is 2. The van der Waals surface area contributed by atoms with Crippen LogP contribution in [0.2, 0.25) is 0 Å². The molecule has 0 spiro atoms. The molecule has 1 aliphatic rings. The maximum atomic E-state index is 11.7. The van der Waals surface area contributed by atoms with Crippen LogP contribution in [0.15, 0.2) is 29.3 Å². The molecule has 1 amide bonds. The van der Waals surface area contributed by atoms with Gasteiger partial charge in [-0.15, -0.1) is 0 Å². The van der Waals surface area contributed by atoms with Crippen LogP contribution in [0, 0.1) is 0 Å². The third-order valence-corrected chi connectivity index (χ3v) is 4.04. The molecule has 1 saturated heterocycles. The molecule has 1 aliphatic heterocycles. The van der Waals surface area contributed by atoms with Crippen molar-refractivity contribution < 1.29 is 14.6 Å². The van der Waals surface area contributed by atoms with E-state index >= 15 is 0 Å². The Balaban J connectivity index is 1.87. The number of nitrogens with zero attached hydrogens (tertiary/aromatic N) is 2. The number of benzene rings is 1. The van der Waals surface area contributed by atoms with Gasteiger partial charge in [0.25, 0.3) is 0 Å². The van der Waals surface area contributed by atoms with E-state index in [0.717, 1.165) is 30.9 Å². The van der Waals surface area contributed by atoms with Gasteiger partial charge in [-0.25, -0.2) is 9.79 Å². The van der Waals surface area contributed by atoms with E-state index in [0.29, 0.717) is 26.2 Å². The van der Waals surface area contributed by atoms with E-state index in [1.54, 1.807) is 17.0 Å². The number of rotatable bonds is 5. The highest BCUT2D eigenvalue weighted by Crippen LogP contribution is 2.13. The van der Waals surface area contributed by atoms with Crippen LogP contribution in [0.3, 0.4) is 0 Å². The van der Waals surface area contributed by atoms with Gasteiger partial charge in [-0.2, -0.15) is 0 Å². The highest BCUT2D eigenvalue weighted by molar-refractivity contribution is 5.80. The molecule has 7 nitrogen and oxygen atoms in total. The summed E-state index contributed by atoms with van der Waals surface area (Å²) in [6, 6.07) is 7.38. The Kier molecular flexibility index (Phi) is 7.37. The highest BCUT2D eigenvalue weighted by atomic mass is 16.6. The smallest absolute Gasteiger partial charge is 0.409 e. The van der Waals surface area contributed by atoms with Gasteiger partial charge in [-0.05, 0) is 44.4 Å². The molecule has 0 radical (unpaired) electrons. The monoisotopic (exact) mass is 348 g/mol. The standard InChI is InChI=1S/C18H28N4O3/c1-3-19-17(20-13-14-6-5-7-16(23)12-14)21-15-8-10-22(11-9-15)18(24)25-4-2/h5-7,12,15,23H,3-4,8-11,13H2,1-2H3,(H2,19,20,21). The zero-order chi connectivity index (χ0) is 18.1. The summed E-state index contributed by atoms with van der Waals surface area (Å²) in [7, 11) is 0. The number of ether oxygens (including phenoxy) is 1. The molecular formula is C18H28N4O3. The summed E-state index contributed by atoms with van der Waals surface area (Å²) < 4.78 is 5.04. The predicted octanol–water partition coefficient (Wildman–Crippen LogP) is 2.07. The van der Waals surface area contributed by atoms with Crippen LogP contribution in [-0.2, 0) is 11.3 Å². The maximum Gasteiger partial charge on any atom is 0.409 e. The van der Waals surface area contributed by atoms with Crippen LogP contribution in [-0.4, -0.2) is 54.3 Å². The maximum absolute atomic E-state index is 11.7. The van der Waals surface area contributed by atoms with Gasteiger partial charge >= 0.3 is 6.09 Å². The molecular weight excluding hydrogens is 320 g/mol. The SMILES string of the molecule is CCNC(=NCc1cccc(O)c1)NC1CCN(C(=O)OCC)CC1. The van der Waals surface area contributed by atoms with E-state index in [4.69, 9.17) is 4.74 Å². The van der Waals surface area contributed by atoms with E-state index in [1.165, 1.54) is 0 Å².